The predicted octanol–water partition coefficient (Wildman–Crippen LogP) is 0.0507. The van der Waals surface area contributed by atoms with Crippen LogP contribution in [0.25, 0.3) is 0 Å². The number of nitrogens with zero attached hydrogens (tertiary/aromatic N) is 6. The zero-order chi connectivity index (χ0) is 18.0. The molecule has 2 aliphatic heterocycles. The molecule has 1 saturated heterocycles. The monoisotopic (exact) mass is 346 g/mol. The van der Waals surface area contributed by atoms with Crippen molar-refractivity contribution < 1.29 is 14.3 Å². The summed E-state index contributed by atoms with van der Waals surface area (Å²) in [6.45, 7) is 1.33. The Morgan fingerprint density at radius 1 is 1.36 bits per heavy atom. The number of morpholine rings is 1. The van der Waals surface area contributed by atoms with Gasteiger partial charge >= 0.3 is 0 Å². The number of carbonyl (C=O) groups excluding carboxylic acids is 2. The fourth-order valence-electron chi connectivity index (χ4n) is 2.78. The summed E-state index contributed by atoms with van der Waals surface area (Å²) in [5, 5.41) is 5.35. The first kappa shape index (κ1) is 17.3. The third kappa shape index (κ3) is 3.76. The van der Waals surface area contributed by atoms with Crippen LogP contribution in [0, 0.1) is 0 Å². The van der Waals surface area contributed by atoms with Crippen molar-refractivity contribution in [1.29, 1.82) is 0 Å². The fourth-order valence-corrected chi connectivity index (χ4v) is 2.78. The average Bonchev–Trinajstić information content (AvgIpc) is 2.63. The molecule has 9 nitrogen and oxygen atoms in total. The third-order valence-electron chi connectivity index (χ3n) is 4.20. The molecule has 0 bridgehead atoms. The Bertz CT molecular complexity index is 705. The SMILES string of the molecule is CN1N=C(C(=O)N2CCOC(c3ccnc(N(C)C)n3)C2)CCC1=O. The Balaban J connectivity index is 1.73. The van der Waals surface area contributed by atoms with Gasteiger partial charge in [-0.05, 0) is 6.07 Å². The highest BCUT2D eigenvalue weighted by Crippen LogP contribution is 2.22. The lowest BCUT2D eigenvalue weighted by molar-refractivity contribution is -0.133. The van der Waals surface area contributed by atoms with E-state index in [9.17, 15) is 9.59 Å². The summed E-state index contributed by atoms with van der Waals surface area (Å²) in [6, 6.07) is 1.80. The molecule has 3 heterocycles. The minimum Gasteiger partial charge on any atom is -0.368 e. The minimum absolute atomic E-state index is 0.0754. The van der Waals surface area contributed by atoms with Gasteiger partial charge in [0.1, 0.15) is 11.8 Å². The highest BCUT2D eigenvalue weighted by Gasteiger charge is 2.31. The number of ether oxygens (including phenoxy) is 1. The summed E-state index contributed by atoms with van der Waals surface area (Å²) in [6.07, 6.45) is 2.08. The average molecular weight is 346 g/mol. The van der Waals surface area contributed by atoms with Gasteiger partial charge in [0.25, 0.3) is 5.91 Å². The van der Waals surface area contributed by atoms with Gasteiger partial charge in [-0.3, -0.25) is 9.59 Å². The molecule has 3 rings (SSSR count). The predicted molar refractivity (Wildman–Crippen MR) is 91.1 cm³/mol. The van der Waals surface area contributed by atoms with E-state index in [1.807, 2.05) is 19.0 Å². The largest absolute Gasteiger partial charge is 0.368 e. The smallest absolute Gasteiger partial charge is 0.270 e. The molecule has 9 heteroatoms. The summed E-state index contributed by atoms with van der Waals surface area (Å²) >= 11 is 0. The van der Waals surface area contributed by atoms with E-state index in [2.05, 4.69) is 15.1 Å². The first-order valence-corrected chi connectivity index (χ1v) is 8.21. The molecule has 0 aliphatic carbocycles. The van der Waals surface area contributed by atoms with Crippen LogP contribution in [0.2, 0.25) is 0 Å². The molecule has 0 radical (unpaired) electrons. The molecular weight excluding hydrogens is 324 g/mol. The fraction of sp³-hybridized carbons (Fsp3) is 0.562. The normalized spacial score (nSPS) is 21.2. The molecule has 1 unspecified atom stereocenters. The molecule has 1 aromatic heterocycles. The molecule has 2 aliphatic rings. The Labute approximate surface area is 146 Å². The molecule has 25 heavy (non-hydrogen) atoms. The van der Waals surface area contributed by atoms with Crippen LogP contribution in [0.5, 0.6) is 0 Å². The van der Waals surface area contributed by atoms with E-state index in [0.29, 0.717) is 44.2 Å². The first-order chi connectivity index (χ1) is 12.0. The summed E-state index contributed by atoms with van der Waals surface area (Å²) in [5.74, 6) is 0.379. The van der Waals surface area contributed by atoms with Crippen molar-refractivity contribution in [3.8, 4) is 0 Å². The molecule has 134 valence electrons. The van der Waals surface area contributed by atoms with Gasteiger partial charge in [-0.15, -0.1) is 0 Å². The number of anilines is 1. The number of amides is 2. The second-order valence-corrected chi connectivity index (χ2v) is 6.25. The van der Waals surface area contributed by atoms with E-state index in [-0.39, 0.29) is 17.9 Å². The summed E-state index contributed by atoms with van der Waals surface area (Å²) in [7, 11) is 5.31. The van der Waals surface area contributed by atoms with E-state index in [1.54, 1.807) is 24.2 Å². The van der Waals surface area contributed by atoms with Gasteiger partial charge in [0.2, 0.25) is 11.9 Å². The van der Waals surface area contributed by atoms with Crippen LogP contribution in [0.15, 0.2) is 17.4 Å². The van der Waals surface area contributed by atoms with Gasteiger partial charge in [0.15, 0.2) is 0 Å². The highest BCUT2D eigenvalue weighted by molar-refractivity contribution is 6.39. The molecule has 0 N–H and O–H groups in total. The lowest BCUT2D eigenvalue weighted by Gasteiger charge is -2.33. The standard InChI is InChI=1S/C16H22N6O3/c1-20(2)16-17-7-6-11(18-16)13-10-22(8-9-25-13)15(24)12-4-5-14(23)21(3)19-12/h6-7,13H,4-5,8-10H2,1-3H3. The van der Waals surface area contributed by atoms with Crippen molar-refractivity contribution in [3.05, 3.63) is 18.0 Å². The van der Waals surface area contributed by atoms with Crippen LogP contribution in [0.3, 0.4) is 0 Å². The van der Waals surface area contributed by atoms with Gasteiger partial charge < -0.3 is 14.5 Å². The zero-order valence-corrected chi connectivity index (χ0v) is 14.7. The molecule has 1 fully saturated rings. The Kier molecular flexibility index (Phi) is 4.93. The maximum absolute atomic E-state index is 12.7. The van der Waals surface area contributed by atoms with E-state index in [1.165, 1.54) is 5.01 Å². The summed E-state index contributed by atoms with van der Waals surface area (Å²) < 4.78 is 5.80. The van der Waals surface area contributed by atoms with Crippen LogP contribution >= 0.6 is 0 Å². The third-order valence-corrected chi connectivity index (χ3v) is 4.20. The van der Waals surface area contributed by atoms with Crippen LogP contribution in [-0.2, 0) is 14.3 Å². The molecule has 2 amide bonds. The maximum Gasteiger partial charge on any atom is 0.270 e. The summed E-state index contributed by atoms with van der Waals surface area (Å²) in [4.78, 5) is 36.5. The Hall–Kier alpha value is -2.55. The van der Waals surface area contributed by atoms with E-state index >= 15 is 0 Å². The van der Waals surface area contributed by atoms with Crippen LogP contribution in [0.1, 0.15) is 24.6 Å². The quantitative estimate of drug-likeness (QED) is 0.768. The maximum atomic E-state index is 12.7. The molecule has 0 saturated carbocycles. The molecule has 0 aromatic carbocycles. The number of rotatable bonds is 3. The highest BCUT2D eigenvalue weighted by atomic mass is 16.5. The molecule has 1 aromatic rings. The number of aromatic nitrogens is 2. The van der Waals surface area contributed by atoms with E-state index in [4.69, 9.17) is 4.74 Å². The molecular formula is C16H22N6O3. The topological polar surface area (TPSA) is 91.2 Å². The van der Waals surface area contributed by atoms with Crippen molar-refractivity contribution in [1.82, 2.24) is 19.9 Å². The first-order valence-electron chi connectivity index (χ1n) is 8.21. The minimum atomic E-state index is -0.303. The van der Waals surface area contributed by atoms with Gasteiger partial charge in [-0.2, -0.15) is 5.10 Å². The number of carbonyl (C=O) groups is 2. The molecule has 0 spiro atoms. The lowest BCUT2D eigenvalue weighted by atomic mass is 10.1. The van der Waals surface area contributed by atoms with Gasteiger partial charge in [0.05, 0.1) is 18.8 Å². The lowest BCUT2D eigenvalue weighted by Crippen LogP contribution is -2.47. The second-order valence-electron chi connectivity index (χ2n) is 6.25. The number of hydrazone groups is 1. The summed E-state index contributed by atoms with van der Waals surface area (Å²) in [5.41, 5.74) is 1.16. The van der Waals surface area contributed by atoms with Gasteiger partial charge in [-0.25, -0.2) is 15.0 Å². The zero-order valence-electron chi connectivity index (χ0n) is 14.7. The molecule has 1 atom stereocenters. The van der Waals surface area contributed by atoms with Crippen LogP contribution in [-0.4, -0.2) is 78.2 Å². The van der Waals surface area contributed by atoms with Gasteiger partial charge in [0, 0.05) is 46.7 Å². The van der Waals surface area contributed by atoms with Crippen molar-refractivity contribution in [2.45, 2.75) is 18.9 Å². The Morgan fingerprint density at radius 3 is 2.88 bits per heavy atom. The van der Waals surface area contributed by atoms with E-state index < -0.39 is 0 Å². The van der Waals surface area contributed by atoms with Crippen molar-refractivity contribution in [3.63, 3.8) is 0 Å². The van der Waals surface area contributed by atoms with Gasteiger partial charge in [-0.1, -0.05) is 0 Å². The second kappa shape index (κ2) is 7.14. The van der Waals surface area contributed by atoms with Crippen LogP contribution < -0.4 is 4.90 Å². The van der Waals surface area contributed by atoms with Crippen LogP contribution in [0.4, 0.5) is 5.95 Å². The van der Waals surface area contributed by atoms with Crippen molar-refractivity contribution >= 4 is 23.5 Å². The van der Waals surface area contributed by atoms with E-state index in [0.717, 1.165) is 5.69 Å². The number of hydrogen-bond donors (Lipinski definition) is 0. The number of hydrogen-bond acceptors (Lipinski definition) is 7. The van der Waals surface area contributed by atoms with Crippen molar-refractivity contribution in [2.75, 3.05) is 45.7 Å². The Morgan fingerprint density at radius 2 is 2.16 bits per heavy atom. The van der Waals surface area contributed by atoms with Crippen molar-refractivity contribution in [2.24, 2.45) is 5.10 Å².